The van der Waals surface area contributed by atoms with Gasteiger partial charge in [0.25, 0.3) is 17.3 Å². The third-order valence-corrected chi connectivity index (χ3v) is 6.75. The van der Waals surface area contributed by atoms with Gasteiger partial charge in [0, 0.05) is 12.0 Å². The summed E-state index contributed by atoms with van der Waals surface area (Å²) in [5.41, 5.74) is 1.23. The quantitative estimate of drug-likeness (QED) is 0.293. The van der Waals surface area contributed by atoms with Gasteiger partial charge in [-0.25, -0.2) is 13.8 Å². The molecular formula is C27H20F2N4O5. The Labute approximate surface area is 215 Å². The van der Waals surface area contributed by atoms with Crippen LogP contribution in [0, 0.1) is 37.8 Å². The minimum absolute atomic E-state index is 0.276. The second kappa shape index (κ2) is 9.92. The summed E-state index contributed by atoms with van der Waals surface area (Å²) in [4.78, 5) is 35.0. The maximum Gasteiger partial charge on any atom is 0.289 e. The first-order chi connectivity index (χ1) is 18.2. The average molecular weight is 518 g/mol. The molecule has 0 bridgehead atoms. The smallest absolute Gasteiger partial charge is 0.267 e. The molecule has 1 aliphatic carbocycles. The molecule has 192 valence electrons. The van der Waals surface area contributed by atoms with Crippen LogP contribution in [0.4, 0.5) is 20.2 Å². The molecule has 5 rings (SSSR count). The summed E-state index contributed by atoms with van der Waals surface area (Å²) < 4.78 is 27.1. The number of nitro benzene ring substituents is 2. The van der Waals surface area contributed by atoms with E-state index in [0.29, 0.717) is 24.1 Å². The number of halogens is 2. The third kappa shape index (κ3) is 4.65. The minimum Gasteiger partial charge on any atom is -0.267 e. The molecule has 1 heterocycles. The van der Waals surface area contributed by atoms with E-state index >= 15 is 0 Å². The first-order valence-electron chi connectivity index (χ1n) is 11.8. The van der Waals surface area contributed by atoms with Crippen molar-refractivity contribution in [3.05, 3.63) is 121 Å². The molecule has 3 aromatic carbocycles. The number of fused-ring (bicyclic) bond motifs is 1. The first-order valence-corrected chi connectivity index (χ1v) is 11.8. The molecule has 0 unspecified atom stereocenters. The van der Waals surface area contributed by atoms with Gasteiger partial charge in [-0.2, -0.15) is 5.10 Å². The van der Waals surface area contributed by atoms with E-state index in [9.17, 15) is 33.8 Å². The van der Waals surface area contributed by atoms with Crippen LogP contribution in [-0.4, -0.2) is 26.5 Å². The number of benzene rings is 3. The normalized spacial score (nSPS) is 19.7. The summed E-state index contributed by atoms with van der Waals surface area (Å²) in [6.07, 6.45) is 3.96. The summed E-state index contributed by atoms with van der Waals surface area (Å²) in [7, 11) is 0. The molecule has 1 fully saturated rings. The highest BCUT2D eigenvalue weighted by molar-refractivity contribution is 6.09. The predicted molar refractivity (Wildman–Crippen MR) is 134 cm³/mol. The molecule has 0 spiro atoms. The first kappa shape index (κ1) is 24.9. The minimum atomic E-state index is -0.844. The van der Waals surface area contributed by atoms with Crippen molar-refractivity contribution in [2.45, 2.75) is 25.3 Å². The molecule has 11 heteroatoms. The van der Waals surface area contributed by atoms with Crippen molar-refractivity contribution < 1.29 is 23.4 Å². The predicted octanol–water partition coefficient (Wildman–Crippen LogP) is 6.22. The molecule has 3 aromatic rings. The van der Waals surface area contributed by atoms with Crippen LogP contribution in [0.2, 0.25) is 0 Å². The van der Waals surface area contributed by atoms with Crippen LogP contribution in [-0.2, 0) is 0 Å². The van der Waals surface area contributed by atoms with Crippen molar-refractivity contribution in [3.8, 4) is 0 Å². The third-order valence-electron chi connectivity index (χ3n) is 6.75. The molecule has 0 saturated heterocycles. The van der Waals surface area contributed by atoms with E-state index in [1.165, 1.54) is 24.3 Å². The second-order valence-corrected chi connectivity index (χ2v) is 9.07. The van der Waals surface area contributed by atoms with Gasteiger partial charge in [-0.05, 0) is 72.4 Å². The number of hydrogen-bond acceptors (Lipinski definition) is 6. The number of hydrogen-bond donors (Lipinski definition) is 0. The average Bonchev–Trinajstić information content (AvgIpc) is 3.30. The number of non-ortho nitro benzene ring substituents is 1. The van der Waals surface area contributed by atoms with Crippen molar-refractivity contribution in [2.75, 3.05) is 0 Å². The molecule has 9 nitrogen and oxygen atoms in total. The Hall–Kier alpha value is -4.80. The van der Waals surface area contributed by atoms with Crippen LogP contribution in [0.5, 0.6) is 0 Å². The fourth-order valence-electron chi connectivity index (χ4n) is 5.01. The second-order valence-electron chi connectivity index (χ2n) is 9.07. The van der Waals surface area contributed by atoms with Crippen molar-refractivity contribution in [1.29, 1.82) is 0 Å². The van der Waals surface area contributed by atoms with Gasteiger partial charge in [0.15, 0.2) is 0 Å². The van der Waals surface area contributed by atoms with E-state index in [2.05, 4.69) is 5.10 Å². The SMILES string of the molecule is O=C(c1ccc([N+](=O)[O-])cc1[N+](=O)[O-])N1N=C2/C(=C\c3ccc(F)cc3)CCC[C@@H]2[C@H]1c1ccc(F)cc1. The van der Waals surface area contributed by atoms with Crippen molar-refractivity contribution in [1.82, 2.24) is 5.01 Å². The molecule has 0 radical (unpaired) electrons. The molecule has 1 saturated carbocycles. The monoisotopic (exact) mass is 518 g/mol. The van der Waals surface area contributed by atoms with Crippen LogP contribution in [0.3, 0.4) is 0 Å². The van der Waals surface area contributed by atoms with E-state index in [1.54, 1.807) is 24.3 Å². The molecule has 2 atom stereocenters. The highest BCUT2D eigenvalue weighted by Crippen LogP contribution is 2.45. The van der Waals surface area contributed by atoms with Gasteiger partial charge in [0.1, 0.15) is 17.2 Å². The lowest BCUT2D eigenvalue weighted by molar-refractivity contribution is -0.394. The van der Waals surface area contributed by atoms with Crippen LogP contribution < -0.4 is 0 Å². The maximum atomic E-state index is 13.8. The highest BCUT2D eigenvalue weighted by atomic mass is 19.1. The molecular weight excluding hydrogens is 498 g/mol. The Morgan fingerprint density at radius 1 is 0.947 bits per heavy atom. The topological polar surface area (TPSA) is 119 Å². The Morgan fingerprint density at radius 2 is 1.61 bits per heavy atom. The molecule has 2 aliphatic rings. The van der Waals surface area contributed by atoms with Crippen LogP contribution in [0.15, 0.2) is 77.4 Å². The molecule has 1 amide bonds. The van der Waals surface area contributed by atoms with Gasteiger partial charge in [-0.1, -0.05) is 24.3 Å². The Morgan fingerprint density at radius 3 is 2.24 bits per heavy atom. The number of carbonyl (C=O) groups is 1. The molecule has 0 N–H and O–H groups in total. The number of carbonyl (C=O) groups excluding carboxylic acids is 1. The summed E-state index contributed by atoms with van der Waals surface area (Å²) in [5, 5.41) is 28.7. The standard InChI is InChI=1S/C27H20F2N4O5/c28-19-8-4-16(5-9-19)14-18-2-1-3-23-25(18)30-31(26(23)17-6-10-20(29)11-7-17)27(34)22-13-12-21(32(35)36)15-24(22)33(37)38/h4-15,23,26H,1-3H2/b18-14-/t23-,26+/m0/s1. The Bertz CT molecular complexity index is 1500. The summed E-state index contributed by atoms with van der Waals surface area (Å²) in [6, 6.07) is 13.7. The van der Waals surface area contributed by atoms with E-state index in [-0.39, 0.29) is 17.3 Å². The Kier molecular flexibility index (Phi) is 6.50. The van der Waals surface area contributed by atoms with Crippen molar-refractivity contribution in [3.63, 3.8) is 0 Å². The zero-order valence-electron chi connectivity index (χ0n) is 19.8. The van der Waals surface area contributed by atoms with Gasteiger partial charge in [0.05, 0.1) is 27.7 Å². The van der Waals surface area contributed by atoms with E-state index in [0.717, 1.165) is 40.8 Å². The lowest BCUT2D eigenvalue weighted by Gasteiger charge is -2.29. The van der Waals surface area contributed by atoms with E-state index in [1.807, 2.05) is 6.08 Å². The van der Waals surface area contributed by atoms with Crippen LogP contribution in [0.25, 0.3) is 6.08 Å². The fraction of sp³-hybridized carbons (Fsp3) is 0.185. The lowest BCUT2D eigenvalue weighted by Crippen LogP contribution is -2.32. The van der Waals surface area contributed by atoms with Gasteiger partial charge >= 0.3 is 0 Å². The zero-order chi connectivity index (χ0) is 27.0. The zero-order valence-corrected chi connectivity index (χ0v) is 19.8. The van der Waals surface area contributed by atoms with Crippen LogP contribution in [0.1, 0.15) is 46.8 Å². The van der Waals surface area contributed by atoms with Crippen LogP contribution >= 0.6 is 0 Å². The lowest BCUT2D eigenvalue weighted by atomic mass is 9.77. The summed E-state index contributed by atoms with van der Waals surface area (Å²) in [5.74, 6) is -1.91. The largest absolute Gasteiger partial charge is 0.289 e. The highest BCUT2D eigenvalue weighted by Gasteiger charge is 2.45. The maximum absolute atomic E-state index is 13.8. The fourth-order valence-corrected chi connectivity index (χ4v) is 5.01. The molecule has 38 heavy (non-hydrogen) atoms. The van der Waals surface area contributed by atoms with Gasteiger partial charge in [-0.15, -0.1) is 0 Å². The molecule has 1 aliphatic heterocycles. The number of allylic oxidation sites excluding steroid dienone is 1. The Balaban J connectivity index is 1.61. The van der Waals surface area contributed by atoms with E-state index in [4.69, 9.17) is 0 Å². The van der Waals surface area contributed by atoms with Gasteiger partial charge in [-0.3, -0.25) is 25.0 Å². The number of hydrazone groups is 1. The number of nitrogens with zero attached hydrogens (tertiary/aromatic N) is 4. The number of rotatable bonds is 5. The van der Waals surface area contributed by atoms with Crippen molar-refractivity contribution >= 4 is 29.1 Å². The molecule has 0 aromatic heterocycles. The van der Waals surface area contributed by atoms with Gasteiger partial charge < -0.3 is 0 Å². The van der Waals surface area contributed by atoms with Gasteiger partial charge in [0.2, 0.25) is 0 Å². The summed E-state index contributed by atoms with van der Waals surface area (Å²) >= 11 is 0. The van der Waals surface area contributed by atoms with E-state index < -0.39 is 39.0 Å². The van der Waals surface area contributed by atoms with Crippen molar-refractivity contribution in [2.24, 2.45) is 11.0 Å². The number of nitro groups is 2. The summed E-state index contributed by atoms with van der Waals surface area (Å²) in [6.45, 7) is 0. The number of amides is 1.